The molecule has 1 N–H and O–H groups in total. The Hall–Kier alpha value is -1.13. The first-order valence-electron chi connectivity index (χ1n) is 7.53. The number of hydrogen-bond acceptors (Lipinski definition) is 3. The molecule has 1 unspecified atom stereocenters. The van der Waals surface area contributed by atoms with Crippen LogP contribution in [0.4, 0.5) is 10.1 Å². The summed E-state index contributed by atoms with van der Waals surface area (Å²) >= 11 is 0. The highest BCUT2D eigenvalue weighted by atomic mass is 19.1. The number of nitrogens with zero attached hydrogens (tertiary/aromatic N) is 1. The van der Waals surface area contributed by atoms with Crippen molar-refractivity contribution in [3.05, 3.63) is 29.6 Å². The van der Waals surface area contributed by atoms with Crippen molar-refractivity contribution in [2.75, 3.05) is 31.6 Å². The van der Waals surface area contributed by atoms with Crippen LogP contribution in [0.25, 0.3) is 0 Å². The molecule has 112 valence electrons. The van der Waals surface area contributed by atoms with Gasteiger partial charge in [0.25, 0.3) is 0 Å². The van der Waals surface area contributed by atoms with E-state index in [9.17, 15) is 4.39 Å². The van der Waals surface area contributed by atoms with E-state index in [1.54, 1.807) is 12.1 Å². The van der Waals surface area contributed by atoms with E-state index in [1.807, 2.05) is 7.05 Å². The highest BCUT2D eigenvalue weighted by Gasteiger charge is 2.21. The molecule has 1 atom stereocenters. The van der Waals surface area contributed by atoms with Gasteiger partial charge in [-0.1, -0.05) is 6.92 Å². The maximum atomic E-state index is 13.7. The van der Waals surface area contributed by atoms with Gasteiger partial charge in [-0.3, -0.25) is 0 Å². The fraction of sp³-hybridized carbons (Fsp3) is 0.625. The predicted octanol–water partition coefficient (Wildman–Crippen LogP) is 2.94. The minimum absolute atomic E-state index is 0.163. The van der Waals surface area contributed by atoms with E-state index in [0.717, 1.165) is 50.2 Å². The second-order valence-corrected chi connectivity index (χ2v) is 5.43. The molecule has 1 fully saturated rings. The molecule has 4 heteroatoms. The van der Waals surface area contributed by atoms with Crippen molar-refractivity contribution in [1.82, 2.24) is 5.32 Å². The SMILES string of the molecule is CCCOC1CCCN(c2cc(F)cc(CNC)c2)C1. The summed E-state index contributed by atoms with van der Waals surface area (Å²) in [6.45, 7) is 5.47. The van der Waals surface area contributed by atoms with Crippen molar-refractivity contribution in [2.45, 2.75) is 38.8 Å². The number of anilines is 1. The van der Waals surface area contributed by atoms with E-state index in [-0.39, 0.29) is 11.9 Å². The molecule has 1 aromatic rings. The zero-order valence-corrected chi connectivity index (χ0v) is 12.5. The molecule has 0 aliphatic carbocycles. The summed E-state index contributed by atoms with van der Waals surface area (Å²) in [5, 5.41) is 3.07. The second-order valence-electron chi connectivity index (χ2n) is 5.43. The molecule has 3 nitrogen and oxygen atoms in total. The number of nitrogens with one attached hydrogen (secondary N) is 1. The van der Waals surface area contributed by atoms with Crippen LogP contribution in [0, 0.1) is 5.82 Å². The van der Waals surface area contributed by atoms with E-state index in [4.69, 9.17) is 4.74 Å². The maximum absolute atomic E-state index is 13.7. The summed E-state index contributed by atoms with van der Waals surface area (Å²) in [6.07, 6.45) is 3.53. The van der Waals surface area contributed by atoms with E-state index >= 15 is 0 Å². The average molecular weight is 280 g/mol. The van der Waals surface area contributed by atoms with Crippen LogP contribution in [0.15, 0.2) is 18.2 Å². The van der Waals surface area contributed by atoms with Gasteiger partial charge in [0, 0.05) is 31.9 Å². The van der Waals surface area contributed by atoms with E-state index in [1.165, 1.54) is 0 Å². The first kappa shape index (κ1) is 15.3. The highest BCUT2D eigenvalue weighted by Crippen LogP contribution is 2.24. The third-order valence-electron chi connectivity index (χ3n) is 3.62. The Morgan fingerprint density at radius 1 is 1.40 bits per heavy atom. The summed E-state index contributed by atoms with van der Waals surface area (Å²) in [6, 6.07) is 5.29. The monoisotopic (exact) mass is 280 g/mol. The molecule has 1 aliphatic rings. The van der Waals surface area contributed by atoms with Crippen molar-refractivity contribution < 1.29 is 9.13 Å². The van der Waals surface area contributed by atoms with Crippen LogP contribution in [0.2, 0.25) is 0 Å². The molecule has 0 saturated carbocycles. The van der Waals surface area contributed by atoms with E-state index in [0.29, 0.717) is 6.54 Å². The standard InChI is InChI=1S/C16H25FN2O/c1-3-7-20-16-5-4-6-19(12-16)15-9-13(11-18-2)8-14(17)10-15/h8-10,16,18H,3-7,11-12H2,1-2H3. The number of hydrogen-bond donors (Lipinski definition) is 1. The summed E-state index contributed by atoms with van der Waals surface area (Å²) in [7, 11) is 1.88. The van der Waals surface area contributed by atoms with Gasteiger partial charge >= 0.3 is 0 Å². The number of halogens is 1. The molecule has 1 aliphatic heterocycles. The first-order chi connectivity index (χ1) is 9.72. The van der Waals surface area contributed by atoms with Crippen LogP contribution in [0.1, 0.15) is 31.7 Å². The Bertz CT molecular complexity index is 425. The minimum atomic E-state index is -0.163. The van der Waals surface area contributed by atoms with Gasteiger partial charge in [-0.05, 0) is 50.1 Å². The molecular formula is C16H25FN2O. The third kappa shape index (κ3) is 4.18. The van der Waals surface area contributed by atoms with Gasteiger partial charge in [0.05, 0.1) is 6.10 Å². The lowest BCUT2D eigenvalue weighted by atomic mass is 10.1. The Morgan fingerprint density at radius 2 is 2.25 bits per heavy atom. The molecule has 1 saturated heterocycles. The molecule has 0 spiro atoms. The molecule has 0 amide bonds. The predicted molar refractivity (Wildman–Crippen MR) is 80.6 cm³/mol. The lowest BCUT2D eigenvalue weighted by Gasteiger charge is -2.34. The van der Waals surface area contributed by atoms with Crippen LogP contribution >= 0.6 is 0 Å². The lowest BCUT2D eigenvalue weighted by Crippen LogP contribution is -2.40. The molecular weight excluding hydrogens is 255 g/mol. The number of benzene rings is 1. The fourth-order valence-corrected chi connectivity index (χ4v) is 2.72. The molecule has 2 rings (SSSR count). The Kier molecular flexibility index (Phi) is 5.80. The van der Waals surface area contributed by atoms with Gasteiger partial charge in [0.15, 0.2) is 0 Å². The Labute approximate surface area is 121 Å². The average Bonchev–Trinajstić information content (AvgIpc) is 2.45. The summed E-state index contributed by atoms with van der Waals surface area (Å²) < 4.78 is 19.6. The topological polar surface area (TPSA) is 24.5 Å². The minimum Gasteiger partial charge on any atom is -0.376 e. The van der Waals surface area contributed by atoms with Crippen molar-refractivity contribution >= 4 is 5.69 Å². The van der Waals surface area contributed by atoms with Crippen LogP contribution in [0.3, 0.4) is 0 Å². The quantitative estimate of drug-likeness (QED) is 0.867. The fourth-order valence-electron chi connectivity index (χ4n) is 2.72. The van der Waals surface area contributed by atoms with Crippen molar-refractivity contribution in [3.8, 4) is 0 Å². The van der Waals surface area contributed by atoms with Crippen LogP contribution in [-0.4, -0.2) is 32.8 Å². The highest BCUT2D eigenvalue weighted by molar-refractivity contribution is 5.49. The van der Waals surface area contributed by atoms with Gasteiger partial charge in [0.2, 0.25) is 0 Å². The van der Waals surface area contributed by atoms with Crippen molar-refractivity contribution in [2.24, 2.45) is 0 Å². The maximum Gasteiger partial charge on any atom is 0.125 e. The molecule has 0 bridgehead atoms. The van der Waals surface area contributed by atoms with E-state index < -0.39 is 0 Å². The van der Waals surface area contributed by atoms with Crippen LogP contribution in [-0.2, 0) is 11.3 Å². The normalized spacial score (nSPS) is 19.4. The molecule has 0 radical (unpaired) electrons. The molecule has 1 aromatic carbocycles. The summed E-state index contributed by atoms with van der Waals surface area (Å²) in [4.78, 5) is 2.24. The molecule has 0 aromatic heterocycles. The Balaban J connectivity index is 2.05. The second kappa shape index (κ2) is 7.60. The zero-order chi connectivity index (χ0) is 14.4. The van der Waals surface area contributed by atoms with Crippen LogP contribution in [0.5, 0.6) is 0 Å². The van der Waals surface area contributed by atoms with Gasteiger partial charge in [0.1, 0.15) is 5.82 Å². The van der Waals surface area contributed by atoms with Gasteiger partial charge < -0.3 is 15.0 Å². The summed E-state index contributed by atoms with van der Waals surface area (Å²) in [5.41, 5.74) is 1.96. The third-order valence-corrected chi connectivity index (χ3v) is 3.62. The van der Waals surface area contributed by atoms with Gasteiger partial charge in [-0.2, -0.15) is 0 Å². The number of rotatable bonds is 6. The van der Waals surface area contributed by atoms with E-state index in [2.05, 4.69) is 23.2 Å². The van der Waals surface area contributed by atoms with Crippen LogP contribution < -0.4 is 10.2 Å². The molecule has 1 heterocycles. The van der Waals surface area contributed by atoms with Crippen molar-refractivity contribution in [1.29, 1.82) is 0 Å². The largest absolute Gasteiger partial charge is 0.376 e. The van der Waals surface area contributed by atoms with Gasteiger partial charge in [-0.25, -0.2) is 4.39 Å². The Morgan fingerprint density at radius 3 is 3.00 bits per heavy atom. The first-order valence-corrected chi connectivity index (χ1v) is 7.53. The number of ether oxygens (including phenoxy) is 1. The zero-order valence-electron chi connectivity index (χ0n) is 12.5. The lowest BCUT2D eigenvalue weighted by molar-refractivity contribution is 0.0440. The van der Waals surface area contributed by atoms with Gasteiger partial charge in [-0.15, -0.1) is 0 Å². The van der Waals surface area contributed by atoms with Crippen molar-refractivity contribution in [3.63, 3.8) is 0 Å². The number of piperidine rings is 1. The summed E-state index contributed by atoms with van der Waals surface area (Å²) in [5.74, 6) is -0.163. The molecule has 20 heavy (non-hydrogen) atoms. The smallest absolute Gasteiger partial charge is 0.125 e.